The van der Waals surface area contributed by atoms with Gasteiger partial charge in [-0.2, -0.15) is 0 Å². The first-order chi connectivity index (χ1) is 7.85. The van der Waals surface area contributed by atoms with Crippen molar-refractivity contribution in [2.45, 2.75) is 20.8 Å². The number of aryl methyl sites for hydroxylation is 1. The molecular formula is C12H20N4O. The van der Waals surface area contributed by atoms with Gasteiger partial charge in [-0.25, -0.2) is 4.98 Å². The highest BCUT2D eigenvalue weighted by atomic mass is 16.2. The van der Waals surface area contributed by atoms with Crippen molar-refractivity contribution in [2.24, 2.45) is 11.1 Å². The summed E-state index contributed by atoms with van der Waals surface area (Å²) in [7, 11) is 1.75. The topological polar surface area (TPSA) is 72.1 Å². The molecule has 0 spiro atoms. The third kappa shape index (κ3) is 3.78. The zero-order valence-corrected chi connectivity index (χ0v) is 10.9. The Kier molecular flexibility index (Phi) is 4.17. The number of carbonyl (C=O) groups is 1. The fraction of sp³-hybridized carbons (Fsp3) is 0.583. The maximum Gasteiger partial charge on any atom is 0.273 e. The normalized spacial score (nSPS) is 11.4. The molecule has 0 radical (unpaired) electrons. The Balaban J connectivity index is 2.73. The first kappa shape index (κ1) is 13.6. The van der Waals surface area contributed by atoms with Gasteiger partial charge in [-0.1, -0.05) is 13.8 Å². The van der Waals surface area contributed by atoms with Crippen LogP contribution >= 0.6 is 0 Å². The number of nitrogens with two attached hydrogens (primary N) is 1. The van der Waals surface area contributed by atoms with E-state index in [-0.39, 0.29) is 11.3 Å². The summed E-state index contributed by atoms with van der Waals surface area (Å²) in [5, 5.41) is 0. The van der Waals surface area contributed by atoms with E-state index in [0.717, 1.165) is 5.69 Å². The van der Waals surface area contributed by atoms with Crippen LogP contribution in [0.25, 0.3) is 0 Å². The Morgan fingerprint density at radius 1 is 1.41 bits per heavy atom. The molecule has 1 rings (SSSR count). The summed E-state index contributed by atoms with van der Waals surface area (Å²) >= 11 is 0. The van der Waals surface area contributed by atoms with E-state index in [1.54, 1.807) is 18.1 Å². The Labute approximate surface area is 102 Å². The van der Waals surface area contributed by atoms with Crippen molar-refractivity contribution in [1.29, 1.82) is 0 Å². The fourth-order valence-electron chi connectivity index (χ4n) is 1.48. The van der Waals surface area contributed by atoms with Gasteiger partial charge in [0.05, 0.1) is 11.9 Å². The molecule has 1 heterocycles. The van der Waals surface area contributed by atoms with Crippen LogP contribution in [-0.4, -0.2) is 40.9 Å². The van der Waals surface area contributed by atoms with E-state index in [0.29, 0.717) is 18.8 Å². The summed E-state index contributed by atoms with van der Waals surface area (Å²) in [6.45, 7) is 7.01. The van der Waals surface area contributed by atoms with Crippen molar-refractivity contribution in [2.75, 3.05) is 20.1 Å². The molecule has 1 aromatic heterocycles. The van der Waals surface area contributed by atoms with Crippen molar-refractivity contribution >= 4 is 5.91 Å². The summed E-state index contributed by atoms with van der Waals surface area (Å²) in [6.07, 6.45) is 3.10. The van der Waals surface area contributed by atoms with Crippen LogP contribution in [0.1, 0.15) is 30.0 Å². The second-order valence-electron chi connectivity index (χ2n) is 5.07. The van der Waals surface area contributed by atoms with Gasteiger partial charge in [0, 0.05) is 19.8 Å². The lowest BCUT2D eigenvalue weighted by Crippen LogP contribution is -2.40. The van der Waals surface area contributed by atoms with E-state index >= 15 is 0 Å². The van der Waals surface area contributed by atoms with Crippen LogP contribution in [-0.2, 0) is 0 Å². The molecule has 0 aromatic carbocycles. The smallest absolute Gasteiger partial charge is 0.273 e. The fourth-order valence-corrected chi connectivity index (χ4v) is 1.48. The third-order valence-electron chi connectivity index (χ3n) is 2.56. The number of carbonyl (C=O) groups excluding carboxylic acids is 1. The van der Waals surface area contributed by atoms with Gasteiger partial charge in [0.15, 0.2) is 0 Å². The molecule has 0 aliphatic rings. The van der Waals surface area contributed by atoms with Gasteiger partial charge in [0.1, 0.15) is 5.69 Å². The molecular weight excluding hydrogens is 216 g/mol. The molecule has 0 saturated carbocycles. The predicted octanol–water partition coefficient (Wildman–Crippen LogP) is 0.842. The Morgan fingerprint density at radius 3 is 2.53 bits per heavy atom. The van der Waals surface area contributed by atoms with Crippen LogP contribution in [0, 0.1) is 12.3 Å². The van der Waals surface area contributed by atoms with E-state index in [9.17, 15) is 4.79 Å². The number of rotatable bonds is 4. The van der Waals surface area contributed by atoms with Crippen LogP contribution in [0.15, 0.2) is 12.4 Å². The van der Waals surface area contributed by atoms with Gasteiger partial charge in [-0.05, 0) is 18.9 Å². The first-order valence-corrected chi connectivity index (χ1v) is 5.60. The number of aromatic nitrogens is 2. The number of hydrogen-bond donors (Lipinski definition) is 1. The van der Waals surface area contributed by atoms with Gasteiger partial charge >= 0.3 is 0 Å². The molecule has 0 aliphatic carbocycles. The summed E-state index contributed by atoms with van der Waals surface area (Å²) < 4.78 is 0. The average molecular weight is 236 g/mol. The minimum Gasteiger partial charge on any atom is -0.340 e. The highest BCUT2D eigenvalue weighted by Gasteiger charge is 2.22. The van der Waals surface area contributed by atoms with Crippen LogP contribution in [0.2, 0.25) is 0 Å². The van der Waals surface area contributed by atoms with Crippen LogP contribution < -0.4 is 5.73 Å². The van der Waals surface area contributed by atoms with Gasteiger partial charge in [-0.15, -0.1) is 0 Å². The number of hydrogen-bond acceptors (Lipinski definition) is 4. The molecule has 1 aromatic rings. The van der Waals surface area contributed by atoms with Crippen molar-refractivity contribution in [3.05, 3.63) is 23.8 Å². The molecule has 0 aliphatic heterocycles. The van der Waals surface area contributed by atoms with Crippen molar-refractivity contribution in [1.82, 2.24) is 14.9 Å². The molecule has 0 saturated heterocycles. The summed E-state index contributed by atoms with van der Waals surface area (Å²) in [5.74, 6) is -0.126. The van der Waals surface area contributed by atoms with Gasteiger partial charge in [0.2, 0.25) is 0 Å². The molecule has 5 nitrogen and oxygen atoms in total. The molecule has 1 amide bonds. The van der Waals surface area contributed by atoms with E-state index in [1.807, 2.05) is 20.8 Å². The van der Waals surface area contributed by atoms with Gasteiger partial charge in [-0.3, -0.25) is 9.78 Å². The largest absolute Gasteiger partial charge is 0.340 e. The van der Waals surface area contributed by atoms with Crippen molar-refractivity contribution in [3.8, 4) is 0 Å². The lowest BCUT2D eigenvalue weighted by molar-refractivity contribution is 0.0734. The molecule has 0 unspecified atom stereocenters. The molecule has 0 atom stereocenters. The number of amides is 1. The summed E-state index contributed by atoms with van der Waals surface area (Å²) in [4.78, 5) is 21.8. The first-order valence-electron chi connectivity index (χ1n) is 5.60. The Hall–Kier alpha value is -1.49. The van der Waals surface area contributed by atoms with Crippen LogP contribution in [0.3, 0.4) is 0 Å². The zero-order valence-electron chi connectivity index (χ0n) is 10.9. The summed E-state index contributed by atoms with van der Waals surface area (Å²) in [5.41, 5.74) is 6.72. The minimum atomic E-state index is -0.126. The lowest BCUT2D eigenvalue weighted by atomic mass is 9.93. The quantitative estimate of drug-likeness (QED) is 0.841. The van der Waals surface area contributed by atoms with E-state index < -0.39 is 0 Å². The predicted molar refractivity (Wildman–Crippen MR) is 66.6 cm³/mol. The standard InChI is InChI=1S/C12H20N4O/c1-9-5-15-10(6-14-9)11(17)16(4)8-12(2,3)7-13/h5-6H,7-8,13H2,1-4H3. The molecule has 5 heteroatoms. The molecule has 2 N–H and O–H groups in total. The summed E-state index contributed by atoms with van der Waals surface area (Å²) in [6, 6.07) is 0. The Bertz CT molecular complexity index is 386. The van der Waals surface area contributed by atoms with E-state index in [4.69, 9.17) is 5.73 Å². The highest BCUT2D eigenvalue weighted by Crippen LogP contribution is 2.14. The maximum absolute atomic E-state index is 12.0. The molecule has 94 valence electrons. The second kappa shape index (κ2) is 5.23. The van der Waals surface area contributed by atoms with Crippen LogP contribution in [0.4, 0.5) is 0 Å². The zero-order chi connectivity index (χ0) is 13.1. The monoisotopic (exact) mass is 236 g/mol. The molecule has 17 heavy (non-hydrogen) atoms. The highest BCUT2D eigenvalue weighted by molar-refractivity contribution is 5.91. The van der Waals surface area contributed by atoms with E-state index in [2.05, 4.69) is 9.97 Å². The maximum atomic E-state index is 12.0. The van der Waals surface area contributed by atoms with Crippen molar-refractivity contribution < 1.29 is 4.79 Å². The van der Waals surface area contributed by atoms with Crippen molar-refractivity contribution in [3.63, 3.8) is 0 Å². The second-order valence-corrected chi connectivity index (χ2v) is 5.07. The SMILES string of the molecule is Cc1cnc(C(=O)N(C)CC(C)(C)CN)cn1. The van der Waals surface area contributed by atoms with Crippen LogP contribution in [0.5, 0.6) is 0 Å². The Morgan fingerprint density at radius 2 is 2.06 bits per heavy atom. The average Bonchev–Trinajstić information content (AvgIpc) is 2.28. The van der Waals surface area contributed by atoms with E-state index in [1.165, 1.54) is 6.20 Å². The van der Waals surface area contributed by atoms with Gasteiger partial charge < -0.3 is 10.6 Å². The molecule has 0 bridgehead atoms. The minimum absolute atomic E-state index is 0.0947. The van der Waals surface area contributed by atoms with Gasteiger partial charge in [0.25, 0.3) is 5.91 Å². The molecule has 0 fully saturated rings. The lowest BCUT2D eigenvalue weighted by Gasteiger charge is -2.28. The number of nitrogens with zero attached hydrogens (tertiary/aromatic N) is 3. The third-order valence-corrected chi connectivity index (χ3v) is 2.56.